The van der Waals surface area contributed by atoms with Gasteiger partial charge in [-0.3, -0.25) is 4.79 Å². The third-order valence-electron chi connectivity index (χ3n) is 3.62. The van der Waals surface area contributed by atoms with Gasteiger partial charge in [-0.25, -0.2) is 0 Å². The van der Waals surface area contributed by atoms with Crippen molar-refractivity contribution in [3.05, 3.63) is 18.2 Å². The molecular weight excluding hydrogens is 274 g/mol. The SMILES string of the molecule is CNC(C)(CCCOc1ccc2c(c1)OCO2)C(=O)OC. The van der Waals surface area contributed by atoms with Crippen molar-refractivity contribution in [1.82, 2.24) is 5.32 Å². The molecule has 1 aromatic rings. The number of carbonyl (C=O) groups is 1. The topological polar surface area (TPSA) is 66.0 Å². The van der Waals surface area contributed by atoms with Crippen molar-refractivity contribution in [3.8, 4) is 17.2 Å². The number of carbonyl (C=O) groups excluding carboxylic acids is 1. The number of fused-ring (bicyclic) bond motifs is 1. The molecule has 0 aliphatic carbocycles. The van der Waals surface area contributed by atoms with E-state index in [0.717, 1.165) is 17.9 Å². The van der Waals surface area contributed by atoms with Gasteiger partial charge in [0.1, 0.15) is 11.3 Å². The van der Waals surface area contributed by atoms with Crippen molar-refractivity contribution in [1.29, 1.82) is 0 Å². The maximum atomic E-state index is 11.7. The maximum absolute atomic E-state index is 11.7. The summed E-state index contributed by atoms with van der Waals surface area (Å²) in [5.41, 5.74) is -0.688. The highest BCUT2D eigenvalue weighted by atomic mass is 16.7. The van der Waals surface area contributed by atoms with Crippen molar-refractivity contribution >= 4 is 5.97 Å². The van der Waals surface area contributed by atoms with Crippen LogP contribution < -0.4 is 19.5 Å². The van der Waals surface area contributed by atoms with Crippen molar-refractivity contribution in [2.24, 2.45) is 0 Å². The van der Waals surface area contributed by atoms with Crippen LogP contribution in [0.5, 0.6) is 17.2 Å². The zero-order valence-corrected chi connectivity index (χ0v) is 12.6. The molecule has 1 aromatic carbocycles. The highest BCUT2D eigenvalue weighted by Crippen LogP contribution is 2.35. The van der Waals surface area contributed by atoms with E-state index in [1.165, 1.54) is 7.11 Å². The van der Waals surface area contributed by atoms with Crippen LogP contribution in [0.25, 0.3) is 0 Å². The van der Waals surface area contributed by atoms with Crippen molar-refractivity contribution in [2.75, 3.05) is 27.6 Å². The molecule has 0 fully saturated rings. The summed E-state index contributed by atoms with van der Waals surface area (Å²) in [6, 6.07) is 5.47. The molecule has 0 saturated heterocycles. The minimum absolute atomic E-state index is 0.248. The Labute approximate surface area is 124 Å². The van der Waals surface area contributed by atoms with E-state index >= 15 is 0 Å². The Morgan fingerprint density at radius 2 is 2.14 bits per heavy atom. The number of benzene rings is 1. The first-order valence-corrected chi connectivity index (χ1v) is 6.89. The first-order chi connectivity index (χ1) is 10.1. The van der Waals surface area contributed by atoms with E-state index < -0.39 is 5.54 Å². The van der Waals surface area contributed by atoms with Gasteiger partial charge in [0.05, 0.1) is 13.7 Å². The second-order valence-electron chi connectivity index (χ2n) is 5.04. The summed E-state index contributed by atoms with van der Waals surface area (Å²) in [5.74, 6) is 1.88. The summed E-state index contributed by atoms with van der Waals surface area (Å²) in [6.45, 7) is 2.58. The predicted octanol–water partition coefficient (Wildman–Crippen LogP) is 1.73. The molecule has 116 valence electrons. The van der Waals surface area contributed by atoms with Crippen LogP contribution in [0, 0.1) is 0 Å². The molecule has 6 heteroatoms. The highest BCUT2D eigenvalue weighted by molar-refractivity contribution is 5.80. The Hall–Kier alpha value is -1.95. The minimum atomic E-state index is -0.688. The van der Waals surface area contributed by atoms with Gasteiger partial charge in [-0.1, -0.05) is 0 Å². The molecule has 2 rings (SSSR count). The lowest BCUT2D eigenvalue weighted by Gasteiger charge is -2.25. The highest BCUT2D eigenvalue weighted by Gasteiger charge is 2.31. The lowest BCUT2D eigenvalue weighted by molar-refractivity contribution is -0.148. The number of methoxy groups -OCH3 is 1. The van der Waals surface area contributed by atoms with Crippen LogP contribution in [0.3, 0.4) is 0 Å². The molecule has 1 atom stereocenters. The quantitative estimate of drug-likeness (QED) is 0.610. The number of likely N-dealkylation sites (N-methyl/N-ethyl adjacent to an activating group) is 1. The molecule has 1 aliphatic heterocycles. The molecule has 0 aromatic heterocycles. The van der Waals surface area contributed by atoms with Gasteiger partial charge in [0.2, 0.25) is 6.79 Å². The van der Waals surface area contributed by atoms with Crippen LogP contribution in [0.4, 0.5) is 0 Å². The lowest BCUT2D eigenvalue weighted by Crippen LogP contribution is -2.48. The third-order valence-corrected chi connectivity index (χ3v) is 3.62. The molecule has 1 unspecified atom stereocenters. The van der Waals surface area contributed by atoms with E-state index in [4.69, 9.17) is 18.9 Å². The van der Waals surface area contributed by atoms with Crippen LogP contribution in [0.2, 0.25) is 0 Å². The fourth-order valence-corrected chi connectivity index (χ4v) is 2.14. The third kappa shape index (κ3) is 3.58. The van der Waals surface area contributed by atoms with Crippen LogP contribution in [-0.2, 0) is 9.53 Å². The summed E-state index contributed by atoms with van der Waals surface area (Å²) in [6.07, 6.45) is 1.35. The second-order valence-corrected chi connectivity index (χ2v) is 5.04. The zero-order chi connectivity index (χ0) is 15.3. The summed E-state index contributed by atoms with van der Waals surface area (Å²) in [5, 5.41) is 3.00. The van der Waals surface area contributed by atoms with Gasteiger partial charge in [-0.2, -0.15) is 0 Å². The lowest BCUT2D eigenvalue weighted by atomic mass is 9.96. The molecule has 6 nitrogen and oxygen atoms in total. The maximum Gasteiger partial charge on any atom is 0.325 e. The second kappa shape index (κ2) is 6.67. The molecule has 0 radical (unpaired) electrons. The summed E-state index contributed by atoms with van der Waals surface area (Å²) < 4.78 is 21.0. The van der Waals surface area contributed by atoms with Gasteiger partial charge in [0.25, 0.3) is 0 Å². The van der Waals surface area contributed by atoms with E-state index in [1.54, 1.807) is 13.1 Å². The van der Waals surface area contributed by atoms with Crippen LogP contribution in [0.1, 0.15) is 19.8 Å². The largest absolute Gasteiger partial charge is 0.493 e. The summed E-state index contributed by atoms with van der Waals surface area (Å²) >= 11 is 0. The van der Waals surface area contributed by atoms with Gasteiger partial charge < -0.3 is 24.3 Å². The molecule has 0 bridgehead atoms. The molecular formula is C15H21NO5. The average molecular weight is 295 g/mol. The van der Waals surface area contributed by atoms with E-state index in [0.29, 0.717) is 18.8 Å². The van der Waals surface area contributed by atoms with Gasteiger partial charge in [-0.05, 0) is 38.9 Å². The predicted molar refractivity (Wildman–Crippen MR) is 76.8 cm³/mol. The van der Waals surface area contributed by atoms with Crippen molar-refractivity contribution < 1.29 is 23.7 Å². The standard InChI is InChI=1S/C15H21NO5/c1-15(16-2,14(17)18-3)7-4-8-19-11-5-6-12-13(9-11)21-10-20-12/h5-6,9,16H,4,7-8,10H2,1-3H3. The monoisotopic (exact) mass is 295 g/mol. The normalized spacial score (nSPS) is 15.4. The number of hydrogen-bond donors (Lipinski definition) is 1. The summed E-state index contributed by atoms with van der Waals surface area (Å²) in [4.78, 5) is 11.7. The number of hydrogen-bond acceptors (Lipinski definition) is 6. The van der Waals surface area contributed by atoms with Crippen LogP contribution in [-0.4, -0.2) is 39.1 Å². The fraction of sp³-hybridized carbons (Fsp3) is 0.533. The van der Waals surface area contributed by atoms with Gasteiger partial charge >= 0.3 is 5.97 Å². The Kier molecular flexibility index (Phi) is 4.90. The van der Waals surface area contributed by atoms with Gasteiger partial charge in [0.15, 0.2) is 11.5 Å². The van der Waals surface area contributed by atoms with E-state index in [2.05, 4.69) is 5.32 Å². The molecule has 0 amide bonds. The van der Waals surface area contributed by atoms with Crippen LogP contribution >= 0.6 is 0 Å². The Balaban J connectivity index is 1.80. The minimum Gasteiger partial charge on any atom is -0.493 e. The van der Waals surface area contributed by atoms with Crippen LogP contribution in [0.15, 0.2) is 18.2 Å². The Morgan fingerprint density at radius 3 is 2.86 bits per heavy atom. The number of ether oxygens (including phenoxy) is 4. The van der Waals surface area contributed by atoms with Gasteiger partial charge in [-0.15, -0.1) is 0 Å². The fourth-order valence-electron chi connectivity index (χ4n) is 2.14. The van der Waals surface area contributed by atoms with Gasteiger partial charge in [0, 0.05) is 6.07 Å². The Bertz CT molecular complexity index is 505. The molecule has 1 aliphatic rings. The number of rotatable bonds is 7. The first-order valence-electron chi connectivity index (χ1n) is 6.89. The Morgan fingerprint density at radius 1 is 1.38 bits per heavy atom. The molecule has 1 heterocycles. The number of nitrogens with one attached hydrogen (secondary N) is 1. The zero-order valence-electron chi connectivity index (χ0n) is 12.6. The summed E-state index contributed by atoms with van der Waals surface area (Å²) in [7, 11) is 3.14. The smallest absolute Gasteiger partial charge is 0.325 e. The van der Waals surface area contributed by atoms with Crippen molar-refractivity contribution in [2.45, 2.75) is 25.3 Å². The molecule has 21 heavy (non-hydrogen) atoms. The van der Waals surface area contributed by atoms with E-state index in [-0.39, 0.29) is 12.8 Å². The average Bonchev–Trinajstić information content (AvgIpc) is 2.98. The van der Waals surface area contributed by atoms with Crippen molar-refractivity contribution in [3.63, 3.8) is 0 Å². The van der Waals surface area contributed by atoms with E-state index in [9.17, 15) is 4.79 Å². The molecule has 0 spiro atoms. The molecule has 0 saturated carbocycles. The number of esters is 1. The first kappa shape index (κ1) is 15.4. The van der Waals surface area contributed by atoms with E-state index in [1.807, 2.05) is 19.1 Å². The molecule has 1 N–H and O–H groups in total.